The molecule has 19 heavy (non-hydrogen) atoms. The number of aliphatic carboxylic acids is 1. The first-order valence-electron chi connectivity index (χ1n) is 5.18. The van der Waals surface area contributed by atoms with Crippen LogP contribution >= 0.6 is 15.9 Å². The van der Waals surface area contributed by atoms with Crippen LogP contribution in [0.2, 0.25) is 0 Å². The van der Waals surface area contributed by atoms with E-state index in [2.05, 4.69) is 15.9 Å². The fourth-order valence-corrected chi connectivity index (χ4v) is 1.87. The van der Waals surface area contributed by atoms with Gasteiger partial charge < -0.3 is 14.9 Å². The third kappa shape index (κ3) is 3.65. The number of carboxylic acids is 1. The van der Waals surface area contributed by atoms with E-state index in [1.54, 1.807) is 13.0 Å². The van der Waals surface area contributed by atoms with Gasteiger partial charge in [0.25, 0.3) is 0 Å². The van der Waals surface area contributed by atoms with E-state index >= 15 is 0 Å². The second kappa shape index (κ2) is 5.54. The van der Waals surface area contributed by atoms with Gasteiger partial charge in [0.15, 0.2) is 11.4 Å². The number of benzene rings is 1. The van der Waals surface area contributed by atoms with Gasteiger partial charge in [0, 0.05) is 10.5 Å². The highest BCUT2D eigenvalue weighted by Gasteiger charge is 2.32. The van der Waals surface area contributed by atoms with E-state index in [1.807, 2.05) is 0 Å². The maximum Gasteiger partial charge on any atom is 0.339 e. The number of nitro groups is 1. The molecule has 1 unspecified atom stereocenters. The Morgan fingerprint density at radius 2 is 2.16 bits per heavy atom. The molecule has 104 valence electrons. The van der Waals surface area contributed by atoms with Crippen LogP contribution in [0.1, 0.15) is 12.5 Å². The van der Waals surface area contributed by atoms with Crippen LogP contribution in [0.3, 0.4) is 0 Å². The fourth-order valence-electron chi connectivity index (χ4n) is 1.31. The van der Waals surface area contributed by atoms with Crippen molar-refractivity contribution in [2.24, 2.45) is 0 Å². The molecule has 0 aliphatic carbocycles. The quantitative estimate of drug-likeness (QED) is 0.628. The predicted octanol–water partition coefficient (Wildman–Crippen LogP) is 1.88. The van der Waals surface area contributed by atoms with Gasteiger partial charge in [0.05, 0.1) is 4.92 Å². The molecule has 7 nitrogen and oxygen atoms in total. The normalized spacial score (nSPS) is 13.7. The summed E-state index contributed by atoms with van der Waals surface area (Å²) in [5, 5.41) is 29.2. The molecule has 0 aliphatic rings. The first kappa shape index (κ1) is 15.4. The van der Waals surface area contributed by atoms with Gasteiger partial charge in [-0.25, -0.2) is 4.79 Å². The van der Waals surface area contributed by atoms with Crippen molar-refractivity contribution in [2.45, 2.75) is 19.4 Å². The molecule has 0 spiro atoms. The van der Waals surface area contributed by atoms with Crippen molar-refractivity contribution in [2.75, 3.05) is 6.61 Å². The van der Waals surface area contributed by atoms with Crippen LogP contribution in [0, 0.1) is 17.0 Å². The number of rotatable bonds is 5. The maximum absolute atomic E-state index is 10.9. The molecule has 1 aromatic rings. The SMILES string of the molecule is Cc1cc(Br)cc([N+](=O)[O-])c1OCC(C)(O)C(=O)O. The lowest BCUT2D eigenvalue weighted by Crippen LogP contribution is -2.41. The van der Waals surface area contributed by atoms with Gasteiger partial charge in [-0.15, -0.1) is 0 Å². The third-order valence-electron chi connectivity index (χ3n) is 2.37. The second-order valence-electron chi connectivity index (χ2n) is 4.20. The Bertz CT molecular complexity index is 528. The molecule has 0 heterocycles. The average molecular weight is 334 g/mol. The second-order valence-corrected chi connectivity index (χ2v) is 5.11. The number of aryl methyl sites for hydroxylation is 1. The van der Waals surface area contributed by atoms with Crippen molar-refractivity contribution in [3.63, 3.8) is 0 Å². The molecule has 1 aromatic carbocycles. The topological polar surface area (TPSA) is 110 Å². The summed E-state index contributed by atoms with van der Waals surface area (Å²) in [4.78, 5) is 21.0. The van der Waals surface area contributed by atoms with Gasteiger partial charge in [-0.1, -0.05) is 15.9 Å². The Labute approximate surface area is 117 Å². The number of nitrogens with zero attached hydrogens (tertiary/aromatic N) is 1. The summed E-state index contributed by atoms with van der Waals surface area (Å²) in [5.41, 5.74) is -1.96. The minimum Gasteiger partial charge on any atom is -0.483 e. The molecule has 0 amide bonds. The van der Waals surface area contributed by atoms with Crippen LogP contribution in [0.25, 0.3) is 0 Å². The van der Waals surface area contributed by atoms with Crippen LogP contribution in [0.4, 0.5) is 5.69 Å². The molecule has 0 saturated carbocycles. The first-order chi connectivity index (χ1) is 8.65. The number of hydrogen-bond donors (Lipinski definition) is 2. The lowest BCUT2D eigenvalue weighted by atomic mass is 10.1. The molecule has 0 bridgehead atoms. The largest absolute Gasteiger partial charge is 0.483 e. The molecule has 1 rings (SSSR count). The number of carboxylic acid groups (broad SMARTS) is 1. The molecule has 2 N–H and O–H groups in total. The smallest absolute Gasteiger partial charge is 0.339 e. The molecule has 0 fully saturated rings. The van der Waals surface area contributed by atoms with E-state index in [-0.39, 0.29) is 11.4 Å². The summed E-state index contributed by atoms with van der Waals surface area (Å²) in [6.45, 7) is 2.05. The molecule has 8 heteroatoms. The predicted molar refractivity (Wildman–Crippen MR) is 69.3 cm³/mol. The molecule has 1 atom stereocenters. The highest BCUT2D eigenvalue weighted by molar-refractivity contribution is 9.10. The molecule has 0 radical (unpaired) electrons. The third-order valence-corrected chi connectivity index (χ3v) is 2.83. The minimum atomic E-state index is -2.12. The van der Waals surface area contributed by atoms with Crippen molar-refractivity contribution >= 4 is 27.6 Å². The van der Waals surface area contributed by atoms with E-state index in [0.29, 0.717) is 10.0 Å². The van der Waals surface area contributed by atoms with Crippen molar-refractivity contribution < 1.29 is 24.7 Å². The average Bonchev–Trinajstić information content (AvgIpc) is 2.26. The number of hydrogen-bond acceptors (Lipinski definition) is 5. The van der Waals surface area contributed by atoms with Crippen molar-refractivity contribution in [3.05, 3.63) is 32.3 Å². The van der Waals surface area contributed by atoms with Gasteiger partial charge in [-0.05, 0) is 25.5 Å². The first-order valence-corrected chi connectivity index (χ1v) is 5.97. The highest BCUT2D eigenvalue weighted by atomic mass is 79.9. The van der Waals surface area contributed by atoms with Crippen molar-refractivity contribution in [3.8, 4) is 5.75 Å². The molecule has 0 aliphatic heterocycles. The zero-order chi connectivity index (χ0) is 14.8. The number of nitro benzene ring substituents is 1. The van der Waals surface area contributed by atoms with Gasteiger partial charge >= 0.3 is 11.7 Å². The van der Waals surface area contributed by atoms with E-state index in [9.17, 15) is 20.0 Å². The molecule has 0 saturated heterocycles. The summed E-state index contributed by atoms with van der Waals surface area (Å²) in [6, 6.07) is 2.84. The highest BCUT2D eigenvalue weighted by Crippen LogP contribution is 2.34. The number of ether oxygens (including phenoxy) is 1. The monoisotopic (exact) mass is 333 g/mol. The van der Waals surface area contributed by atoms with Crippen LogP contribution in [-0.4, -0.2) is 33.3 Å². The summed E-state index contributed by atoms with van der Waals surface area (Å²) in [5.74, 6) is -1.53. The summed E-state index contributed by atoms with van der Waals surface area (Å²) in [6.07, 6.45) is 0. The Kier molecular flexibility index (Phi) is 4.48. The van der Waals surface area contributed by atoms with E-state index in [0.717, 1.165) is 6.92 Å². The zero-order valence-corrected chi connectivity index (χ0v) is 11.8. The fraction of sp³-hybridized carbons (Fsp3) is 0.364. The van der Waals surface area contributed by atoms with Crippen molar-refractivity contribution in [1.82, 2.24) is 0 Å². The molecule has 0 aromatic heterocycles. The van der Waals surface area contributed by atoms with E-state index in [4.69, 9.17) is 9.84 Å². The number of carbonyl (C=O) groups is 1. The standard InChI is InChI=1S/C11H12BrNO6/c1-6-3-7(12)4-8(13(17)18)9(6)19-5-11(2,16)10(14)15/h3-4,16H,5H2,1-2H3,(H,14,15). The van der Waals surface area contributed by atoms with Crippen molar-refractivity contribution in [1.29, 1.82) is 0 Å². The summed E-state index contributed by atoms with van der Waals surface area (Å²) < 4.78 is 5.63. The number of aliphatic hydroxyl groups is 1. The van der Waals surface area contributed by atoms with E-state index in [1.165, 1.54) is 6.07 Å². The Morgan fingerprint density at radius 3 is 2.63 bits per heavy atom. The lowest BCUT2D eigenvalue weighted by Gasteiger charge is -2.19. The van der Waals surface area contributed by atoms with Gasteiger partial charge in [0.2, 0.25) is 0 Å². The Morgan fingerprint density at radius 1 is 1.58 bits per heavy atom. The lowest BCUT2D eigenvalue weighted by molar-refractivity contribution is -0.386. The van der Waals surface area contributed by atoms with Crippen LogP contribution in [0.5, 0.6) is 5.75 Å². The van der Waals surface area contributed by atoms with Crippen LogP contribution in [-0.2, 0) is 4.79 Å². The van der Waals surface area contributed by atoms with Crippen LogP contribution in [0.15, 0.2) is 16.6 Å². The molecular weight excluding hydrogens is 322 g/mol. The van der Waals surface area contributed by atoms with Gasteiger partial charge in [-0.3, -0.25) is 10.1 Å². The molecular formula is C11H12BrNO6. The van der Waals surface area contributed by atoms with Gasteiger partial charge in [-0.2, -0.15) is 0 Å². The van der Waals surface area contributed by atoms with Crippen LogP contribution < -0.4 is 4.74 Å². The van der Waals surface area contributed by atoms with Gasteiger partial charge in [0.1, 0.15) is 6.61 Å². The number of halogens is 1. The minimum absolute atomic E-state index is 0.0604. The summed E-state index contributed by atoms with van der Waals surface area (Å²) in [7, 11) is 0. The van der Waals surface area contributed by atoms with E-state index < -0.39 is 23.1 Å². The summed E-state index contributed by atoms with van der Waals surface area (Å²) >= 11 is 3.13. The Balaban J connectivity index is 3.08. The zero-order valence-electron chi connectivity index (χ0n) is 10.2. The Hall–Kier alpha value is -1.67. The maximum atomic E-state index is 10.9.